The number of anilines is 1. The van der Waals surface area contributed by atoms with Crippen LogP contribution in [0.1, 0.15) is 30.1 Å². The lowest BCUT2D eigenvalue weighted by Gasteiger charge is -2.32. The molecule has 5 nitrogen and oxygen atoms in total. The first-order valence-corrected chi connectivity index (χ1v) is 6.76. The maximum Gasteiger partial charge on any atom is 0.339 e. The number of hydrogen-bond acceptors (Lipinski definition) is 4. The van der Waals surface area contributed by atoms with Crippen molar-refractivity contribution < 1.29 is 14.3 Å². The quantitative estimate of drug-likeness (QED) is 0.826. The third-order valence-corrected chi connectivity index (χ3v) is 3.84. The van der Waals surface area contributed by atoms with E-state index in [-0.39, 0.29) is 5.91 Å². The molecule has 0 aromatic heterocycles. The fraction of sp³-hybridized carbons (Fsp3) is 0.467. The van der Waals surface area contributed by atoms with E-state index < -0.39 is 11.4 Å². The van der Waals surface area contributed by atoms with E-state index >= 15 is 0 Å². The molecule has 108 valence electrons. The van der Waals surface area contributed by atoms with Crippen molar-refractivity contribution in [3.8, 4) is 0 Å². The molecule has 2 N–H and O–H groups in total. The van der Waals surface area contributed by atoms with Crippen molar-refractivity contribution in [3.63, 3.8) is 0 Å². The standard InChI is InChI=1S/C15H20N2O3/c1-15(7-9-16-10-8-15)14(19)17-12-6-4-3-5-11(12)13(18)20-2/h3-6,16H,7-10H2,1-2H3,(H,17,19). The highest BCUT2D eigenvalue weighted by molar-refractivity contribution is 6.02. The molecule has 0 radical (unpaired) electrons. The second-order valence-corrected chi connectivity index (χ2v) is 5.30. The van der Waals surface area contributed by atoms with E-state index in [4.69, 9.17) is 4.74 Å². The van der Waals surface area contributed by atoms with Gasteiger partial charge in [0.25, 0.3) is 0 Å². The highest BCUT2D eigenvalue weighted by Gasteiger charge is 2.34. The average Bonchev–Trinajstić information content (AvgIpc) is 2.47. The van der Waals surface area contributed by atoms with Gasteiger partial charge in [-0.3, -0.25) is 4.79 Å². The molecule has 20 heavy (non-hydrogen) atoms. The van der Waals surface area contributed by atoms with E-state index in [9.17, 15) is 9.59 Å². The molecule has 1 aliphatic rings. The number of nitrogens with one attached hydrogen (secondary N) is 2. The SMILES string of the molecule is COC(=O)c1ccccc1NC(=O)C1(C)CCNCC1. The molecule has 0 bridgehead atoms. The van der Waals surface area contributed by atoms with Gasteiger partial charge in [0.05, 0.1) is 18.4 Å². The van der Waals surface area contributed by atoms with Crippen LogP contribution < -0.4 is 10.6 Å². The first-order chi connectivity index (χ1) is 9.57. The van der Waals surface area contributed by atoms with Gasteiger partial charge in [-0.25, -0.2) is 4.79 Å². The molecule has 0 saturated carbocycles. The molecule has 5 heteroatoms. The van der Waals surface area contributed by atoms with Crippen LogP contribution in [0.5, 0.6) is 0 Å². The molecule has 2 rings (SSSR count). The molecule has 1 aliphatic heterocycles. The Morgan fingerprint density at radius 1 is 1.25 bits per heavy atom. The lowest BCUT2D eigenvalue weighted by Crippen LogP contribution is -2.43. The summed E-state index contributed by atoms with van der Waals surface area (Å²) in [5.74, 6) is -0.494. The Hall–Kier alpha value is -1.88. The van der Waals surface area contributed by atoms with Gasteiger partial charge in [0.1, 0.15) is 0 Å². The summed E-state index contributed by atoms with van der Waals surface area (Å²) in [5.41, 5.74) is 0.485. The highest BCUT2D eigenvalue weighted by Crippen LogP contribution is 2.30. The third-order valence-electron chi connectivity index (χ3n) is 3.84. The van der Waals surface area contributed by atoms with Crippen LogP contribution in [0.2, 0.25) is 0 Å². The van der Waals surface area contributed by atoms with Crippen molar-refractivity contribution >= 4 is 17.6 Å². The third kappa shape index (κ3) is 2.99. The Kier molecular flexibility index (Phi) is 4.39. The number of ether oxygens (including phenoxy) is 1. The van der Waals surface area contributed by atoms with Gasteiger partial charge < -0.3 is 15.4 Å². The lowest BCUT2D eigenvalue weighted by molar-refractivity contribution is -0.126. The van der Waals surface area contributed by atoms with Crippen LogP contribution in [-0.2, 0) is 9.53 Å². The zero-order valence-electron chi connectivity index (χ0n) is 11.9. The summed E-state index contributed by atoms with van der Waals surface area (Å²) in [6.07, 6.45) is 1.58. The van der Waals surface area contributed by atoms with Gasteiger partial charge in [-0.15, -0.1) is 0 Å². The van der Waals surface area contributed by atoms with Gasteiger partial charge in [-0.05, 0) is 38.1 Å². The first-order valence-electron chi connectivity index (χ1n) is 6.76. The molecule has 1 fully saturated rings. The van der Waals surface area contributed by atoms with Crippen LogP contribution in [0.3, 0.4) is 0 Å². The summed E-state index contributed by atoms with van der Waals surface area (Å²) in [4.78, 5) is 24.1. The Morgan fingerprint density at radius 2 is 1.90 bits per heavy atom. The summed E-state index contributed by atoms with van der Waals surface area (Å²) in [6, 6.07) is 6.89. The number of esters is 1. The molecule has 1 aromatic rings. The van der Waals surface area contributed by atoms with Crippen molar-refractivity contribution in [2.45, 2.75) is 19.8 Å². The number of amides is 1. The van der Waals surface area contributed by atoms with Crippen LogP contribution in [0.15, 0.2) is 24.3 Å². The van der Waals surface area contributed by atoms with E-state index in [1.54, 1.807) is 24.3 Å². The number of piperidine rings is 1. The van der Waals surface area contributed by atoms with Gasteiger partial charge in [-0.1, -0.05) is 19.1 Å². The number of rotatable bonds is 3. The van der Waals surface area contributed by atoms with Crippen molar-refractivity contribution in [3.05, 3.63) is 29.8 Å². The molecule has 1 heterocycles. The second-order valence-electron chi connectivity index (χ2n) is 5.30. The summed E-state index contributed by atoms with van der Waals surface area (Å²) in [5, 5.41) is 6.11. The second kappa shape index (κ2) is 6.05. The zero-order chi connectivity index (χ0) is 14.6. The van der Waals surface area contributed by atoms with Gasteiger partial charge in [0, 0.05) is 5.41 Å². The molecular weight excluding hydrogens is 256 g/mol. The summed E-state index contributed by atoms with van der Waals surface area (Å²) in [7, 11) is 1.33. The minimum absolute atomic E-state index is 0.0460. The number of hydrogen-bond donors (Lipinski definition) is 2. The van der Waals surface area contributed by atoms with E-state index in [0.717, 1.165) is 25.9 Å². The first kappa shape index (κ1) is 14.5. The molecular formula is C15H20N2O3. The smallest absolute Gasteiger partial charge is 0.339 e. The molecule has 0 atom stereocenters. The predicted octanol–water partition coefficient (Wildman–Crippen LogP) is 1.80. The van der Waals surface area contributed by atoms with Crippen LogP contribution in [0.25, 0.3) is 0 Å². The normalized spacial score (nSPS) is 17.3. The molecule has 1 aromatic carbocycles. The molecule has 1 amide bonds. The van der Waals surface area contributed by atoms with Gasteiger partial charge >= 0.3 is 5.97 Å². The minimum Gasteiger partial charge on any atom is -0.465 e. The molecule has 0 aliphatic carbocycles. The Balaban J connectivity index is 2.17. The summed E-state index contributed by atoms with van der Waals surface area (Å²) < 4.78 is 4.73. The topological polar surface area (TPSA) is 67.4 Å². The molecule has 1 saturated heterocycles. The molecule has 0 spiro atoms. The van der Waals surface area contributed by atoms with Crippen molar-refractivity contribution in [2.24, 2.45) is 5.41 Å². The van der Waals surface area contributed by atoms with Crippen LogP contribution in [0, 0.1) is 5.41 Å². The number of carbonyl (C=O) groups excluding carboxylic acids is 2. The fourth-order valence-corrected chi connectivity index (χ4v) is 2.36. The monoisotopic (exact) mass is 276 g/mol. The Morgan fingerprint density at radius 3 is 2.55 bits per heavy atom. The van der Waals surface area contributed by atoms with E-state index in [1.165, 1.54) is 7.11 Å². The average molecular weight is 276 g/mol. The van der Waals surface area contributed by atoms with Crippen LogP contribution >= 0.6 is 0 Å². The van der Waals surface area contributed by atoms with Crippen LogP contribution in [-0.4, -0.2) is 32.1 Å². The van der Waals surface area contributed by atoms with Gasteiger partial charge in [-0.2, -0.15) is 0 Å². The van der Waals surface area contributed by atoms with Crippen molar-refractivity contribution in [1.29, 1.82) is 0 Å². The summed E-state index contributed by atoms with van der Waals surface area (Å²) in [6.45, 7) is 3.63. The number of para-hydroxylation sites is 1. The maximum absolute atomic E-state index is 12.5. The largest absolute Gasteiger partial charge is 0.465 e. The van der Waals surface area contributed by atoms with E-state index in [0.29, 0.717) is 11.3 Å². The van der Waals surface area contributed by atoms with E-state index in [2.05, 4.69) is 10.6 Å². The van der Waals surface area contributed by atoms with E-state index in [1.807, 2.05) is 6.92 Å². The predicted molar refractivity (Wildman–Crippen MR) is 76.6 cm³/mol. The number of benzene rings is 1. The van der Waals surface area contributed by atoms with Crippen LogP contribution in [0.4, 0.5) is 5.69 Å². The minimum atomic E-state index is -0.448. The zero-order valence-corrected chi connectivity index (χ0v) is 11.9. The fourth-order valence-electron chi connectivity index (χ4n) is 2.36. The Bertz CT molecular complexity index is 508. The maximum atomic E-state index is 12.5. The van der Waals surface area contributed by atoms with Crippen molar-refractivity contribution in [1.82, 2.24) is 5.32 Å². The van der Waals surface area contributed by atoms with Gasteiger partial charge in [0.2, 0.25) is 5.91 Å². The van der Waals surface area contributed by atoms with Gasteiger partial charge in [0.15, 0.2) is 0 Å². The molecule has 0 unspecified atom stereocenters. The van der Waals surface area contributed by atoms with Crippen molar-refractivity contribution in [2.75, 3.05) is 25.5 Å². The Labute approximate surface area is 118 Å². The summed E-state index contributed by atoms with van der Waals surface area (Å²) >= 11 is 0. The number of carbonyl (C=O) groups is 2. The lowest BCUT2D eigenvalue weighted by atomic mass is 9.80. The number of methoxy groups -OCH3 is 1. The highest BCUT2D eigenvalue weighted by atomic mass is 16.5.